The first-order valence-electron chi connectivity index (χ1n) is 22.5. The molecule has 0 bridgehead atoms. The van der Waals surface area contributed by atoms with E-state index in [-0.39, 0.29) is 12.3 Å². The van der Waals surface area contributed by atoms with Crippen molar-refractivity contribution in [2.45, 2.75) is 240 Å². The van der Waals surface area contributed by atoms with Crippen molar-refractivity contribution < 1.29 is 9.47 Å². The van der Waals surface area contributed by atoms with Crippen LogP contribution in [0.25, 0.3) is 0 Å². The van der Waals surface area contributed by atoms with E-state index in [2.05, 4.69) is 64.2 Å². The molecule has 0 radical (unpaired) electrons. The zero-order valence-electron chi connectivity index (χ0n) is 34.8. The lowest BCUT2D eigenvalue weighted by atomic mass is 9.87. The molecule has 3 nitrogen and oxygen atoms in total. The second-order valence-electron chi connectivity index (χ2n) is 15.7. The van der Waals surface area contributed by atoms with Crippen LogP contribution in [0.3, 0.4) is 0 Å². The van der Waals surface area contributed by atoms with E-state index in [0.717, 1.165) is 44.3 Å². The van der Waals surface area contributed by atoms with Crippen LogP contribution < -0.4 is 5.73 Å². The summed E-state index contributed by atoms with van der Waals surface area (Å²) in [7, 11) is 0. The molecule has 4 unspecified atom stereocenters. The van der Waals surface area contributed by atoms with Gasteiger partial charge in [-0.3, -0.25) is 0 Å². The zero-order valence-corrected chi connectivity index (χ0v) is 34.8. The Morgan fingerprint density at radius 2 is 0.760 bits per heavy atom. The molecule has 3 heteroatoms. The van der Waals surface area contributed by atoms with Crippen molar-refractivity contribution in [1.29, 1.82) is 0 Å². The van der Waals surface area contributed by atoms with Gasteiger partial charge in [0, 0.05) is 13.2 Å². The van der Waals surface area contributed by atoms with Gasteiger partial charge in [-0.05, 0) is 89.4 Å². The van der Waals surface area contributed by atoms with Crippen LogP contribution in [-0.4, -0.2) is 25.5 Å². The minimum atomic E-state index is -0.261. The number of rotatable bonds is 40. The van der Waals surface area contributed by atoms with Crippen LogP contribution in [0.15, 0.2) is 36.5 Å². The fourth-order valence-corrected chi connectivity index (χ4v) is 6.78. The van der Waals surface area contributed by atoms with E-state index in [1.165, 1.54) is 173 Å². The van der Waals surface area contributed by atoms with E-state index >= 15 is 0 Å². The van der Waals surface area contributed by atoms with E-state index in [0.29, 0.717) is 0 Å². The average Bonchev–Trinajstić information content (AvgIpc) is 3.10. The molecule has 0 amide bonds. The molecular formula is C47H91NO2. The van der Waals surface area contributed by atoms with Gasteiger partial charge in [0.2, 0.25) is 0 Å². The second-order valence-corrected chi connectivity index (χ2v) is 15.7. The first-order chi connectivity index (χ1) is 24.5. The molecule has 0 aromatic rings. The number of nitrogens with two attached hydrogens (primary N) is 1. The third kappa shape index (κ3) is 36.9. The lowest BCUT2D eigenvalue weighted by Crippen LogP contribution is -2.36. The van der Waals surface area contributed by atoms with E-state index in [4.69, 9.17) is 15.2 Å². The molecule has 0 aliphatic rings. The van der Waals surface area contributed by atoms with Crippen LogP contribution in [0.1, 0.15) is 227 Å². The van der Waals surface area contributed by atoms with Crippen molar-refractivity contribution >= 4 is 0 Å². The Morgan fingerprint density at radius 3 is 1.18 bits per heavy atom. The van der Waals surface area contributed by atoms with Crippen molar-refractivity contribution in [2.24, 2.45) is 17.6 Å². The molecule has 0 spiro atoms. The minimum Gasteiger partial charge on any atom is -0.351 e. The van der Waals surface area contributed by atoms with Crippen LogP contribution in [0.4, 0.5) is 0 Å². The second kappa shape index (κ2) is 40.9. The average molecular weight is 702 g/mol. The fraction of sp³-hybridized carbons (Fsp3) is 0.872. The Kier molecular flexibility index (Phi) is 40.1. The van der Waals surface area contributed by atoms with Crippen LogP contribution in [-0.2, 0) is 9.47 Å². The molecule has 0 aliphatic heterocycles. The van der Waals surface area contributed by atoms with Gasteiger partial charge in [0.05, 0.1) is 6.04 Å². The molecule has 0 heterocycles. The quantitative estimate of drug-likeness (QED) is 0.0393. The van der Waals surface area contributed by atoms with Crippen molar-refractivity contribution in [2.75, 3.05) is 13.2 Å². The number of ether oxygens (including phenoxy) is 2. The summed E-state index contributed by atoms with van der Waals surface area (Å²) in [5, 5.41) is 0. The van der Waals surface area contributed by atoms with Crippen LogP contribution in [0.5, 0.6) is 0 Å². The summed E-state index contributed by atoms with van der Waals surface area (Å²) in [6.07, 6.45) is 53.4. The molecule has 0 aromatic heterocycles. The third-order valence-corrected chi connectivity index (χ3v) is 10.5. The highest BCUT2D eigenvalue weighted by Crippen LogP contribution is 2.23. The van der Waals surface area contributed by atoms with Crippen LogP contribution in [0.2, 0.25) is 0 Å². The van der Waals surface area contributed by atoms with Gasteiger partial charge in [-0.15, -0.1) is 0 Å². The summed E-state index contributed by atoms with van der Waals surface area (Å²) >= 11 is 0. The molecule has 0 rings (SSSR count). The summed E-state index contributed by atoms with van der Waals surface area (Å²) in [4.78, 5) is 0. The fourth-order valence-electron chi connectivity index (χ4n) is 6.78. The monoisotopic (exact) mass is 702 g/mol. The molecule has 0 saturated heterocycles. The van der Waals surface area contributed by atoms with Crippen molar-refractivity contribution in [1.82, 2.24) is 0 Å². The maximum atomic E-state index is 6.15. The summed E-state index contributed by atoms with van der Waals surface area (Å²) < 4.78 is 12.0. The highest BCUT2D eigenvalue weighted by molar-refractivity contribution is 4.92. The van der Waals surface area contributed by atoms with Gasteiger partial charge < -0.3 is 15.2 Å². The van der Waals surface area contributed by atoms with Gasteiger partial charge in [0.15, 0.2) is 6.29 Å². The topological polar surface area (TPSA) is 44.5 Å². The number of unbranched alkanes of at least 4 members (excludes halogenated alkanes) is 22. The summed E-state index contributed by atoms with van der Waals surface area (Å²) in [6.45, 7) is 13.0. The molecule has 50 heavy (non-hydrogen) atoms. The molecule has 296 valence electrons. The standard InChI is InChI=1S/C47H91NO2/c1-6-8-9-10-11-12-13-14-15-20-23-26-29-32-35-38-42-49-47(46(5)48)50-43-39-36-33-30-27-24-21-18-16-17-19-22-25-28-31-34-37-41-45(4)44(3)40-7-2/h11-12,14-16,18,44-47H,6-10,13,17,19-43,48H2,1-5H3. The van der Waals surface area contributed by atoms with Gasteiger partial charge in [0.25, 0.3) is 0 Å². The number of allylic oxidation sites excluding steroid dienone is 6. The Hall–Kier alpha value is -0.900. The Morgan fingerprint density at radius 1 is 0.400 bits per heavy atom. The lowest BCUT2D eigenvalue weighted by molar-refractivity contribution is -0.153. The molecule has 0 aliphatic carbocycles. The minimum absolute atomic E-state index is 0.0828. The smallest absolute Gasteiger partial charge is 0.172 e. The van der Waals surface area contributed by atoms with E-state index < -0.39 is 0 Å². The third-order valence-electron chi connectivity index (χ3n) is 10.5. The maximum Gasteiger partial charge on any atom is 0.172 e. The molecule has 0 aromatic carbocycles. The SMILES string of the molecule is CCCCCC=CCC=CCCCCCCCCOC(OCCCCCCCCC=CCCCCCCCCCC(C)C(C)CCC)C(C)N. The molecule has 2 N–H and O–H groups in total. The van der Waals surface area contributed by atoms with Crippen LogP contribution in [0, 0.1) is 11.8 Å². The normalized spacial score (nSPS) is 14.8. The predicted molar refractivity (Wildman–Crippen MR) is 225 cm³/mol. The zero-order chi connectivity index (χ0) is 36.6. The van der Waals surface area contributed by atoms with E-state index in [9.17, 15) is 0 Å². The van der Waals surface area contributed by atoms with Crippen LogP contribution >= 0.6 is 0 Å². The molecular weight excluding hydrogens is 611 g/mol. The largest absolute Gasteiger partial charge is 0.351 e. The first kappa shape index (κ1) is 49.1. The first-order valence-corrected chi connectivity index (χ1v) is 22.5. The van der Waals surface area contributed by atoms with E-state index in [1.807, 2.05) is 6.92 Å². The molecule has 0 saturated carbocycles. The maximum absolute atomic E-state index is 6.15. The highest BCUT2D eigenvalue weighted by Gasteiger charge is 2.14. The molecule has 4 atom stereocenters. The Balaban J connectivity index is 3.47. The van der Waals surface area contributed by atoms with Gasteiger partial charge in [0.1, 0.15) is 0 Å². The van der Waals surface area contributed by atoms with Gasteiger partial charge in [-0.25, -0.2) is 0 Å². The summed E-state index contributed by atoms with van der Waals surface area (Å²) in [6, 6.07) is -0.0828. The highest BCUT2D eigenvalue weighted by atomic mass is 16.7. The summed E-state index contributed by atoms with van der Waals surface area (Å²) in [5.74, 6) is 1.82. The van der Waals surface area contributed by atoms with Gasteiger partial charge in [-0.2, -0.15) is 0 Å². The number of hydrogen-bond donors (Lipinski definition) is 1. The van der Waals surface area contributed by atoms with Crippen molar-refractivity contribution in [3.05, 3.63) is 36.5 Å². The number of hydrogen-bond acceptors (Lipinski definition) is 3. The van der Waals surface area contributed by atoms with Gasteiger partial charge in [-0.1, -0.05) is 186 Å². The van der Waals surface area contributed by atoms with Crippen molar-refractivity contribution in [3.8, 4) is 0 Å². The molecule has 0 fully saturated rings. The van der Waals surface area contributed by atoms with E-state index in [1.54, 1.807) is 0 Å². The van der Waals surface area contributed by atoms with Gasteiger partial charge >= 0.3 is 0 Å². The Labute approximate surface area is 315 Å². The van der Waals surface area contributed by atoms with Crippen molar-refractivity contribution in [3.63, 3.8) is 0 Å². The predicted octanol–water partition coefficient (Wildman–Crippen LogP) is 15.4. The lowest BCUT2D eigenvalue weighted by Gasteiger charge is -2.22. The summed E-state index contributed by atoms with van der Waals surface area (Å²) in [5.41, 5.74) is 6.15. The Bertz CT molecular complexity index is 729.